The first kappa shape index (κ1) is 20.8. The first-order chi connectivity index (χ1) is 15.0. The number of carbonyl (C=O) groups is 2. The average Bonchev–Trinajstić information content (AvgIpc) is 3.25. The number of amides is 1. The zero-order valence-electron chi connectivity index (χ0n) is 17.8. The highest BCUT2D eigenvalue weighted by atomic mass is 16.5. The smallest absolute Gasteiger partial charge is 0.295 e. The van der Waals surface area contributed by atoms with Gasteiger partial charge in [0, 0.05) is 19.9 Å². The van der Waals surface area contributed by atoms with Crippen LogP contribution in [0.25, 0.3) is 11.4 Å². The van der Waals surface area contributed by atoms with Crippen molar-refractivity contribution in [2.24, 2.45) is 0 Å². The number of fused-ring (bicyclic) bond motifs is 1. The summed E-state index contributed by atoms with van der Waals surface area (Å²) in [6.07, 6.45) is 2.65. The molecule has 7 heteroatoms. The van der Waals surface area contributed by atoms with Gasteiger partial charge in [0.25, 0.3) is 11.7 Å². The Morgan fingerprint density at radius 1 is 1.16 bits per heavy atom. The topological polar surface area (TPSA) is 84.1 Å². The zero-order chi connectivity index (χ0) is 22.1. The number of carbonyl (C=O) groups excluding carboxylic acids is 2. The van der Waals surface area contributed by atoms with Crippen molar-refractivity contribution in [3.8, 4) is 0 Å². The van der Waals surface area contributed by atoms with Crippen LogP contribution in [0.15, 0.2) is 54.2 Å². The Labute approximate surface area is 180 Å². The van der Waals surface area contributed by atoms with E-state index in [0.717, 1.165) is 17.5 Å². The van der Waals surface area contributed by atoms with Crippen molar-refractivity contribution in [3.63, 3.8) is 0 Å². The maximum Gasteiger partial charge on any atom is 0.295 e. The molecule has 7 nitrogen and oxygen atoms in total. The lowest BCUT2D eigenvalue weighted by Gasteiger charge is -2.25. The summed E-state index contributed by atoms with van der Waals surface area (Å²) in [5.74, 6) is -1.57. The number of ketones is 1. The van der Waals surface area contributed by atoms with E-state index in [4.69, 9.17) is 4.74 Å². The number of benzene rings is 1. The fraction of sp³-hybridized carbons (Fsp3) is 0.292. The van der Waals surface area contributed by atoms with Gasteiger partial charge in [-0.25, -0.2) is 4.98 Å². The molecule has 1 atom stereocenters. The van der Waals surface area contributed by atoms with Gasteiger partial charge < -0.3 is 14.7 Å². The molecule has 0 bridgehead atoms. The molecule has 31 heavy (non-hydrogen) atoms. The van der Waals surface area contributed by atoms with Crippen molar-refractivity contribution in [2.75, 3.05) is 20.3 Å². The molecule has 1 fully saturated rings. The fourth-order valence-corrected chi connectivity index (χ4v) is 4.11. The summed E-state index contributed by atoms with van der Waals surface area (Å²) >= 11 is 0. The number of aliphatic hydroxyl groups is 1. The summed E-state index contributed by atoms with van der Waals surface area (Å²) < 4.78 is 6.88. The van der Waals surface area contributed by atoms with E-state index in [2.05, 4.69) is 11.9 Å². The second-order valence-electron chi connectivity index (χ2n) is 7.56. The number of imidazole rings is 1. The first-order valence-electron chi connectivity index (χ1n) is 10.3. The monoisotopic (exact) mass is 419 g/mol. The zero-order valence-corrected chi connectivity index (χ0v) is 17.8. The predicted octanol–water partition coefficient (Wildman–Crippen LogP) is 3.27. The Morgan fingerprint density at radius 2 is 1.90 bits per heavy atom. The van der Waals surface area contributed by atoms with E-state index in [1.807, 2.05) is 42.5 Å². The number of nitrogens with zero attached hydrogens (tertiary/aromatic N) is 3. The molecular weight excluding hydrogens is 394 g/mol. The number of Topliss-reactive ketones (excluding diaryl/α,β-unsaturated/α-hetero) is 1. The summed E-state index contributed by atoms with van der Waals surface area (Å²) in [7, 11) is 1.55. The van der Waals surface area contributed by atoms with Gasteiger partial charge in [0.2, 0.25) is 0 Å². The molecule has 1 aromatic carbocycles. The summed E-state index contributed by atoms with van der Waals surface area (Å²) in [6, 6.07) is 12.6. The number of pyridine rings is 1. The van der Waals surface area contributed by atoms with Crippen molar-refractivity contribution >= 4 is 23.1 Å². The highest BCUT2D eigenvalue weighted by molar-refractivity contribution is 6.46. The number of aromatic nitrogens is 2. The van der Waals surface area contributed by atoms with Gasteiger partial charge in [-0.1, -0.05) is 37.3 Å². The largest absolute Gasteiger partial charge is 0.505 e. The van der Waals surface area contributed by atoms with Crippen LogP contribution >= 0.6 is 0 Å². The number of hydrogen-bond acceptors (Lipinski definition) is 5. The van der Waals surface area contributed by atoms with Crippen LogP contribution in [0.1, 0.15) is 35.5 Å². The van der Waals surface area contributed by atoms with Gasteiger partial charge in [-0.2, -0.15) is 0 Å². The van der Waals surface area contributed by atoms with Crippen LogP contribution in [-0.4, -0.2) is 51.3 Å². The lowest BCUT2D eigenvalue weighted by atomic mass is 9.95. The second kappa shape index (κ2) is 8.35. The molecule has 160 valence electrons. The number of ether oxygens (including phenoxy) is 1. The fourth-order valence-electron chi connectivity index (χ4n) is 4.11. The molecule has 1 aliphatic heterocycles. The van der Waals surface area contributed by atoms with Gasteiger partial charge in [0.1, 0.15) is 11.3 Å². The Morgan fingerprint density at radius 3 is 2.58 bits per heavy atom. The summed E-state index contributed by atoms with van der Waals surface area (Å²) in [5.41, 5.74) is 3.62. The second-order valence-corrected chi connectivity index (χ2v) is 7.56. The molecule has 0 saturated carbocycles. The minimum Gasteiger partial charge on any atom is -0.505 e. The van der Waals surface area contributed by atoms with Crippen molar-refractivity contribution < 1.29 is 19.4 Å². The average molecular weight is 419 g/mol. The highest BCUT2D eigenvalue weighted by Gasteiger charge is 2.46. The van der Waals surface area contributed by atoms with Crippen LogP contribution in [0.3, 0.4) is 0 Å². The highest BCUT2D eigenvalue weighted by Crippen LogP contribution is 2.39. The predicted molar refractivity (Wildman–Crippen MR) is 117 cm³/mol. The minimum atomic E-state index is -0.705. The Kier molecular flexibility index (Phi) is 5.61. The normalized spacial score (nSPS) is 18.3. The van der Waals surface area contributed by atoms with Crippen molar-refractivity contribution in [1.29, 1.82) is 0 Å². The van der Waals surface area contributed by atoms with Gasteiger partial charge in [-0.05, 0) is 36.6 Å². The van der Waals surface area contributed by atoms with Crippen LogP contribution in [0.5, 0.6) is 0 Å². The lowest BCUT2D eigenvalue weighted by molar-refractivity contribution is -0.140. The number of methoxy groups -OCH3 is 1. The van der Waals surface area contributed by atoms with Crippen molar-refractivity contribution in [2.45, 2.75) is 26.3 Å². The third-order valence-electron chi connectivity index (χ3n) is 5.71. The molecule has 1 amide bonds. The summed E-state index contributed by atoms with van der Waals surface area (Å²) in [6.45, 7) is 4.36. The molecule has 1 unspecified atom stereocenters. The lowest BCUT2D eigenvalue weighted by Crippen LogP contribution is -2.32. The van der Waals surface area contributed by atoms with Gasteiger partial charge in [-0.3, -0.25) is 14.0 Å². The summed E-state index contributed by atoms with van der Waals surface area (Å²) in [5, 5.41) is 11.3. The molecule has 0 aliphatic carbocycles. The third kappa shape index (κ3) is 3.51. The number of aliphatic hydroxyl groups excluding tert-OH is 1. The molecule has 0 radical (unpaired) electrons. The Bertz CT molecular complexity index is 1180. The third-order valence-corrected chi connectivity index (χ3v) is 5.71. The SMILES string of the molecule is CCc1ccc(C2C(=C(O)c3c(C)nc4ccccn34)C(=O)C(=O)N2CCOC)cc1. The number of aryl methyl sites for hydroxylation is 2. The van der Waals surface area contributed by atoms with Gasteiger partial charge in [0.15, 0.2) is 5.76 Å². The maximum atomic E-state index is 13.1. The van der Waals surface area contributed by atoms with Crippen molar-refractivity contribution in [1.82, 2.24) is 14.3 Å². The molecular formula is C24H25N3O4. The minimum absolute atomic E-state index is 0.0686. The van der Waals surface area contributed by atoms with Crippen LogP contribution < -0.4 is 0 Å². The standard InChI is InChI=1S/C24H25N3O4/c1-4-16-8-10-17(11-9-16)21-19(23(29)24(30)27(21)13-14-31-3)22(28)20-15(2)25-18-7-5-6-12-26(18)20/h5-12,21,28H,4,13-14H2,1-3H3. The number of likely N-dealkylation sites (tertiary alicyclic amines) is 1. The van der Waals surface area contributed by atoms with Crippen LogP contribution in [0, 0.1) is 6.92 Å². The van der Waals surface area contributed by atoms with Crippen molar-refractivity contribution in [3.05, 3.63) is 76.7 Å². The quantitative estimate of drug-likeness (QED) is 0.377. The van der Waals surface area contributed by atoms with E-state index in [1.165, 1.54) is 4.90 Å². The van der Waals surface area contributed by atoms with E-state index >= 15 is 0 Å². The molecule has 1 aliphatic rings. The molecule has 1 saturated heterocycles. The first-order valence-corrected chi connectivity index (χ1v) is 10.3. The Hall–Kier alpha value is -3.45. The molecule has 1 N–H and O–H groups in total. The molecule has 2 aromatic heterocycles. The summed E-state index contributed by atoms with van der Waals surface area (Å²) in [4.78, 5) is 31.9. The van der Waals surface area contributed by atoms with E-state index in [-0.39, 0.29) is 24.5 Å². The molecule has 0 spiro atoms. The van der Waals surface area contributed by atoms with Gasteiger partial charge in [-0.15, -0.1) is 0 Å². The van der Waals surface area contributed by atoms with E-state index in [1.54, 1.807) is 24.6 Å². The Balaban J connectivity index is 1.92. The molecule has 4 rings (SSSR count). The van der Waals surface area contributed by atoms with Gasteiger partial charge in [0.05, 0.1) is 23.9 Å². The molecule has 3 heterocycles. The van der Waals surface area contributed by atoms with E-state index < -0.39 is 17.7 Å². The van der Waals surface area contributed by atoms with Crippen LogP contribution in [0.2, 0.25) is 0 Å². The maximum absolute atomic E-state index is 13.1. The van der Waals surface area contributed by atoms with Crippen LogP contribution in [0.4, 0.5) is 0 Å². The molecule has 3 aromatic rings. The number of hydrogen-bond donors (Lipinski definition) is 1. The number of rotatable bonds is 6. The van der Waals surface area contributed by atoms with Crippen LogP contribution in [-0.2, 0) is 20.7 Å². The van der Waals surface area contributed by atoms with E-state index in [9.17, 15) is 14.7 Å². The van der Waals surface area contributed by atoms with E-state index in [0.29, 0.717) is 17.0 Å². The van der Waals surface area contributed by atoms with Gasteiger partial charge >= 0.3 is 0 Å².